The van der Waals surface area contributed by atoms with Gasteiger partial charge in [-0.25, -0.2) is 9.48 Å². The number of nitrogens with zero attached hydrogens (tertiary/aromatic N) is 4. The predicted molar refractivity (Wildman–Crippen MR) is 110 cm³/mol. The van der Waals surface area contributed by atoms with Crippen molar-refractivity contribution in [2.75, 3.05) is 13.1 Å². The van der Waals surface area contributed by atoms with Crippen LogP contribution in [0.4, 0.5) is 0 Å². The van der Waals surface area contributed by atoms with E-state index in [1.807, 2.05) is 53.4 Å². The van der Waals surface area contributed by atoms with Crippen molar-refractivity contribution < 1.29 is 4.79 Å². The van der Waals surface area contributed by atoms with Crippen LogP contribution in [0.2, 0.25) is 0 Å². The van der Waals surface area contributed by atoms with Crippen LogP contribution in [-0.2, 0) is 29.7 Å². The van der Waals surface area contributed by atoms with E-state index in [0.29, 0.717) is 32.6 Å². The molecule has 29 heavy (non-hydrogen) atoms. The van der Waals surface area contributed by atoms with E-state index in [1.54, 1.807) is 4.57 Å². The van der Waals surface area contributed by atoms with Crippen LogP contribution < -0.4 is 5.69 Å². The zero-order chi connectivity index (χ0) is 19.8. The normalized spacial score (nSPS) is 17.4. The number of rotatable bonds is 4. The molecule has 0 saturated heterocycles. The minimum atomic E-state index is -0.360. The maximum absolute atomic E-state index is 13.3. The summed E-state index contributed by atoms with van der Waals surface area (Å²) in [5.41, 5.74) is 1.71. The number of carbonyl (C=O) groups is 1. The minimum Gasteiger partial charge on any atom is -0.340 e. The highest BCUT2D eigenvalue weighted by Crippen LogP contribution is 2.49. The fourth-order valence-electron chi connectivity index (χ4n) is 4.34. The van der Waals surface area contributed by atoms with Crippen LogP contribution in [0.5, 0.6) is 0 Å². The van der Waals surface area contributed by atoms with Crippen LogP contribution in [0, 0.1) is 0 Å². The van der Waals surface area contributed by atoms with Gasteiger partial charge in [0.15, 0.2) is 0 Å². The second kappa shape index (κ2) is 7.03. The van der Waals surface area contributed by atoms with Gasteiger partial charge in [-0.1, -0.05) is 60.7 Å². The zero-order valence-corrected chi connectivity index (χ0v) is 16.3. The van der Waals surface area contributed by atoms with Crippen molar-refractivity contribution >= 4 is 5.91 Å². The van der Waals surface area contributed by atoms with Crippen LogP contribution in [0.1, 0.15) is 29.8 Å². The molecule has 0 N–H and O–H groups in total. The standard InChI is InChI=1S/C23H24N4O2/c28-21(23(12-13-23)19-9-5-2-6-10-19)25-14-11-20-24-27(22(29)26(20)16-15-25)17-18-7-3-1-4-8-18/h1-10H,11-17H2. The average molecular weight is 388 g/mol. The molecule has 0 atom stereocenters. The van der Waals surface area contributed by atoms with Gasteiger partial charge in [-0.3, -0.25) is 9.36 Å². The van der Waals surface area contributed by atoms with Crippen molar-refractivity contribution in [3.8, 4) is 0 Å². The Morgan fingerprint density at radius 1 is 0.931 bits per heavy atom. The number of hydrogen-bond acceptors (Lipinski definition) is 3. The number of carbonyl (C=O) groups excluding carboxylic acids is 1. The molecule has 2 aliphatic rings. The minimum absolute atomic E-state index is 0.0950. The Labute approximate surface area is 169 Å². The second-order valence-electron chi connectivity index (χ2n) is 7.98. The Hall–Kier alpha value is -3.15. The van der Waals surface area contributed by atoms with Crippen molar-refractivity contribution in [3.63, 3.8) is 0 Å². The molecule has 2 aromatic carbocycles. The molecule has 6 nitrogen and oxygen atoms in total. The first-order chi connectivity index (χ1) is 14.2. The molecule has 6 heteroatoms. The molecule has 1 fully saturated rings. The molecule has 0 radical (unpaired) electrons. The average Bonchev–Trinajstić information content (AvgIpc) is 3.55. The smallest absolute Gasteiger partial charge is 0.340 e. The van der Waals surface area contributed by atoms with Gasteiger partial charge in [0.1, 0.15) is 5.82 Å². The van der Waals surface area contributed by atoms with Gasteiger partial charge < -0.3 is 4.90 Å². The lowest BCUT2D eigenvalue weighted by molar-refractivity contribution is -0.134. The Bertz CT molecular complexity index is 1080. The lowest BCUT2D eigenvalue weighted by Gasteiger charge is -2.26. The second-order valence-corrected chi connectivity index (χ2v) is 7.98. The molecule has 1 amide bonds. The monoisotopic (exact) mass is 388 g/mol. The quantitative estimate of drug-likeness (QED) is 0.689. The predicted octanol–water partition coefficient (Wildman–Crippen LogP) is 2.21. The van der Waals surface area contributed by atoms with Gasteiger partial charge >= 0.3 is 5.69 Å². The molecule has 0 unspecified atom stereocenters. The fraction of sp³-hybridized carbons (Fsp3) is 0.348. The summed E-state index contributed by atoms with van der Waals surface area (Å²) in [6.45, 7) is 2.13. The Morgan fingerprint density at radius 2 is 1.62 bits per heavy atom. The van der Waals surface area contributed by atoms with E-state index >= 15 is 0 Å². The topological polar surface area (TPSA) is 60.1 Å². The molecule has 5 rings (SSSR count). The third kappa shape index (κ3) is 3.18. The van der Waals surface area contributed by atoms with Crippen molar-refractivity contribution in [3.05, 3.63) is 88.1 Å². The molecule has 3 aromatic rings. The molecule has 1 aromatic heterocycles. The van der Waals surface area contributed by atoms with E-state index in [-0.39, 0.29) is 17.0 Å². The molecular weight excluding hydrogens is 364 g/mol. The van der Waals surface area contributed by atoms with Crippen LogP contribution >= 0.6 is 0 Å². The number of aromatic nitrogens is 3. The van der Waals surface area contributed by atoms with Gasteiger partial charge in [0.25, 0.3) is 0 Å². The molecule has 2 heterocycles. The summed E-state index contributed by atoms with van der Waals surface area (Å²) < 4.78 is 3.27. The highest BCUT2D eigenvalue weighted by atomic mass is 16.2. The first kappa shape index (κ1) is 17.9. The van der Waals surface area contributed by atoms with Crippen LogP contribution in [0.25, 0.3) is 0 Å². The summed E-state index contributed by atoms with van der Waals surface area (Å²) in [4.78, 5) is 28.1. The van der Waals surface area contributed by atoms with Crippen molar-refractivity contribution in [1.82, 2.24) is 19.2 Å². The molecule has 0 spiro atoms. The highest BCUT2D eigenvalue weighted by Gasteiger charge is 2.52. The largest absolute Gasteiger partial charge is 0.346 e. The lowest BCUT2D eigenvalue weighted by atomic mass is 9.94. The molecule has 1 saturated carbocycles. The summed E-state index contributed by atoms with van der Waals surface area (Å²) in [6, 6.07) is 20.0. The van der Waals surface area contributed by atoms with Crippen LogP contribution in [0.3, 0.4) is 0 Å². The van der Waals surface area contributed by atoms with Gasteiger partial charge in [-0.05, 0) is 24.0 Å². The summed E-state index contributed by atoms with van der Waals surface area (Å²) in [5, 5.41) is 4.56. The SMILES string of the molecule is O=C(N1CCc2nn(Cc3ccccc3)c(=O)n2CC1)C1(c2ccccc2)CC1. The molecule has 148 valence electrons. The Balaban J connectivity index is 1.33. The Kier molecular flexibility index (Phi) is 4.34. The summed E-state index contributed by atoms with van der Waals surface area (Å²) >= 11 is 0. The molecule has 1 aliphatic heterocycles. The van der Waals surface area contributed by atoms with E-state index in [1.165, 1.54) is 4.68 Å². The third-order valence-corrected chi connectivity index (χ3v) is 6.15. The third-order valence-electron chi connectivity index (χ3n) is 6.15. The number of hydrogen-bond donors (Lipinski definition) is 0. The van der Waals surface area contributed by atoms with Gasteiger partial charge in [-0.15, -0.1) is 0 Å². The van der Waals surface area contributed by atoms with E-state index in [4.69, 9.17) is 0 Å². The van der Waals surface area contributed by atoms with Gasteiger partial charge in [0.2, 0.25) is 5.91 Å². The van der Waals surface area contributed by atoms with E-state index in [9.17, 15) is 9.59 Å². The summed E-state index contributed by atoms with van der Waals surface area (Å²) in [7, 11) is 0. The number of amides is 1. The summed E-state index contributed by atoms with van der Waals surface area (Å²) in [6.07, 6.45) is 2.41. The van der Waals surface area contributed by atoms with Crippen LogP contribution in [-0.4, -0.2) is 38.2 Å². The fourth-order valence-corrected chi connectivity index (χ4v) is 4.34. The van der Waals surface area contributed by atoms with Crippen molar-refractivity contribution in [1.29, 1.82) is 0 Å². The molecule has 0 bridgehead atoms. The Morgan fingerprint density at radius 3 is 2.31 bits per heavy atom. The first-order valence-corrected chi connectivity index (χ1v) is 10.2. The lowest BCUT2D eigenvalue weighted by Crippen LogP contribution is -2.41. The molecule has 1 aliphatic carbocycles. The van der Waals surface area contributed by atoms with Gasteiger partial charge in [0.05, 0.1) is 12.0 Å². The van der Waals surface area contributed by atoms with Crippen LogP contribution in [0.15, 0.2) is 65.5 Å². The number of fused-ring (bicyclic) bond motifs is 1. The maximum atomic E-state index is 13.3. The van der Waals surface area contributed by atoms with Gasteiger partial charge in [0, 0.05) is 26.1 Å². The summed E-state index contributed by atoms with van der Waals surface area (Å²) in [5.74, 6) is 0.963. The highest BCUT2D eigenvalue weighted by molar-refractivity contribution is 5.91. The maximum Gasteiger partial charge on any atom is 0.346 e. The number of benzene rings is 2. The first-order valence-electron chi connectivity index (χ1n) is 10.2. The van der Waals surface area contributed by atoms with Crippen molar-refractivity contribution in [2.45, 2.75) is 37.8 Å². The van der Waals surface area contributed by atoms with Gasteiger partial charge in [-0.2, -0.15) is 5.10 Å². The van der Waals surface area contributed by atoms with E-state index in [2.05, 4.69) is 17.2 Å². The molecular formula is C23H24N4O2. The van der Waals surface area contributed by atoms with Crippen molar-refractivity contribution in [2.24, 2.45) is 0 Å². The van der Waals surface area contributed by atoms with E-state index < -0.39 is 0 Å². The zero-order valence-electron chi connectivity index (χ0n) is 16.3. The van der Waals surface area contributed by atoms with E-state index in [0.717, 1.165) is 29.8 Å².